The minimum Gasteiger partial charge on any atom is -0.323 e. The van der Waals surface area contributed by atoms with Crippen LogP contribution in [0, 0.1) is 29.6 Å². The van der Waals surface area contributed by atoms with Gasteiger partial charge in [-0.2, -0.15) is 10.5 Å². The summed E-state index contributed by atoms with van der Waals surface area (Å²) >= 11 is 0. The zero-order chi connectivity index (χ0) is 15.5. The molecular formula is C18H14N4. The normalized spacial score (nSPS) is 10.3. The van der Waals surface area contributed by atoms with Gasteiger partial charge in [0.15, 0.2) is 0 Å². The van der Waals surface area contributed by atoms with E-state index in [2.05, 4.69) is 21.7 Å². The molecule has 3 aromatic rings. The van der Waals surface area contributed by atoms with E-state index >= 15 is 0 Å². The Hall–Kier alpha value is -3.11. The van der Waals surface area contributed by atoms with E-state index in [1.165, 1.54) is 0 Å². The number of nitriles is 2. The van der Waals surface area contributed by atoms with Crippen LogP contribution in [0.4, 0.5) is 0 Å². The van der Waals surface area contributed by atoms with Gasteiger partial charge in [-0.1, -0.05) is 18.2 Å². The minimum atomic E-state index is 0.270. The van der Waals surface area contributed by atoms with Crippen molar-refractivity contribution < 1.29 is 0 Å². The summed E-state index contributed by atoms with van der Waals surface area (Å²) in [5, 5.41) is 18.0. The molecule has 0 amide bonds. The molecule has 106 valence electrons. The predicted molar refractivity (Wildman–Crippen MR) is 84.0 cm³/mol. The maximum absolute atomic E-state index is 9.03. The van der Waals surface area contributed by atoms with Gasteiger partial charge in [0.2, 0.25) is 0 Å². The van der Waals surface area contributed by atoms with E-state index in [1.807, 2.05) is 43.3 Å². The SMILES string of the molecule is Cc1ccc2c(c1)nc(CC#N)n2Cc1cccc(C#N)c1. The lowest BCUT2D eigenvalue weighted by Gasteiger charge is -2.08. The van der Waals surface area contributed by atoms with Gasteiger partial charge in [-0.15, -0.1) is 0 Å². The Balaban J connectivity index is 2.10. The first kappa shape index (κ1) is 13.9. The van der Waals surface area contributed by atoms with Gasteiger partial charge < -0.3 is 4.57 Å². The van der Waals surface area contributed by atoms with Gasteiger partial charge in [0.1, 0.15) is 5.82 Å². The third-order valence-corrected chi connectivity index (χ3v) is 3.62. The molecule has 2 aromatic carbocycles. The lowest BCUT2D eigenvalue weighted by atomic mass is 10.1. The van der Waals surface area contributed by atoms with Crippen molar-refractivity contribution in [2.75, 3.05) is 0 Å². The third-order valence-electron chi connectivity index (χ3n) is 3.62. The fourth-order valence-corrected chi connectivity index (χ4v) is 2.59. The molecule has 0 saturated heterocycles. The highest BCUT2D eigenvalue weighted by atomic mass is 15.1. The lowest BCUT2D eigenvalue weighted by Crippen LogP contribution is -2.05. The Labute approximate surface area is 128 Å². The van der Waals surface area contributed by atoms with Crippen LogP contribution < -0.4 is 0 Å². The van der Waals surface area contributed by atoms with Gasteiger partial charge >= 0.3 is 0 Å². The predicted octanol–water partition coefficient (Wildman–Crippen LogP) is 3.33. The Kier molecular flexibility index (Phi) is 3.60. The fraction of sp³-hybridized carbons (Fsp3) is 0.167. The molecule has 0 aliphatic carbocycles. The first-order valence-electron chi connectivity index (χ1n) is 7.03. The van der Waals surface area contributed by atoms with Crippen molar-refractivity contribution >= 4 is 11.0 Å². The van der Waals surface area contributed by atoms with Crippen molar-refractivity contribution in [1.29, 1.82) is 10.5 Å². The first-order valence-corrected chi connectivity index (χ1v) is 7.03. The van der Waals surface area contributed by atoms with Gasteiger partial charge in [-0.3, -0.25) is 0 Å². The highest BCUT2D eigenvalue weighted by Gasteiger charge is 2.11. The molecule has 0 atom stereocenters. The molecule has 0 aliphatic heterocycles. The molecule has 1 heterocycles. The van der Waals surface area contributed by atoms with Crippen LogP contribution in [0.5, 0.6) is 0 Å². The summed E-state index contributed by atoms with van der Waals surface area (Å²) in [6.45, 7) is 2.63. The van der Waals surface area contributed by atoms with Gasteiger partial charge in [-0.25, -0.2) is 4.98 Å². The quantitative estimate of drug-likeness (QED) is 0.741. The van der Waals surface area contributed by atoms with E-state index in [0.717, 1.165) is 28.0 Å². The van der Waals surface area contributed by atoms with Crippen molar-refractivity contribution in [2.45, 2.75) is 19.9 Å². The number of benzene rings is 2. The Morgan fingerprint density at radius 1 is 1.14 bits per heavy atom. The summed E-state index contributed by atoms with van der Waals surface area (Å²) in [6.07, 6.45) is 0.270. The molecule has 4 nitrogen and oxygen atoms in total. The molecule has 0 bridgehead atoms. The van der Waals surface area contributed by atoms with E-state index in [-0.39, 0.29) is 6.42 Å². The van der Waals surface area contributed by atoms with E-state index in [1.54, 1.807) is 6.07 Å². The van der Waals surface area contributed by atoms with Crippen molar-refractivity contribution in [2.24, 2.45) is 0 Å². The number of imidazole rings is 1. The van der Waals surface area contributed by atoms with Crippen molar-refractivity contribution in [3.63, 3.8) is 0 Å². The maximum Gasteiger partial charge on any atom is 0.124 e. The van der Waals surface area contributed by atoms with Crippen molar-refractivity contribution in [1.82, 2.24) is 9.55 Å². The summed E-state index contributed by atoms with van der Waals surface area (Å²) in [5.74, 6) is 0.755. The molecule has 0 saturated carbocycles. The molecule has 0 N–H and O–H groups in total. The van der Waals surface area contributed by atoms with Gasteiger partial charge in [0.25, 0.3) is 0 Å². The van der Waals surface area contributed by atoms with Gasteiger partial charge in [0, 0.05) is 6.54 Å². The van der Waals surface area contributed by atoms with Crippen LogP contribution in [0.3, 0.4) is 0 Å². The standard InChI is InChI=1S/C18H14N4/c1-13-5-6-17-16(9-13)21-18(7-8-19)22(17)12-15-4-2-3-14(10-15)11-20/h2-6,9-10H,7,12H2,1H3. The number of nitrogens with zero attached hydrogens (tertiary/aromatic N) is 4. The van der Waals surface area contributed by atoms with Crippen LogP contribution >= 0.6 is 0 Å². The second-order valence-electron chi connectivity index (χ2n) is 5.25. The number of hydrogen-bond acceptors (Lipinski definition) is 3. The molecule has 22 heavy (non-hydrogen) atoms. The first-order chi connectivity index (χ1) is 10.7. The van der Waals surface area contributed by atoms with E-state index in [0.29, 0.717) is 12.1 Å². The van der Waals surface area contributed by atoms with Gasteiger partial charge in [0.05, 0.1) is 35.2 Å². The molecular weight excluding hydrogens is 272 g/mol. The molecule has 0 fully saturated rings. The van der Waals surface area contributed by atoms with E-state index < -0.39 is 0 Å². The highest BCUT2D eigenvalue weighted by Crippen LogP contribution is 2.20. The summed E-state index contributed by atoms with van der Waals surface area (Å²) < 4.78 is 2.05. The summed E-state index contributed by atoms with van der Waals surface area (Å²) in [6, 6.07) is 17.9. The number of rotatable bonds is 3. The zero-order valence-corrected chi connectivity index (χ0v) is 12.2. The number of hydrogen-bond donors (Lipinski definition) is 0. The smallest absolute Gasteiger partial charge is 0.124 e. The van der Waals surface area contributed by atoms with Crippen molar-refractivity contribution in [3.8, 4) is 12.1 Å². The van der Waals surface area contributed by atoms with Gasteiger partial charge in [-0.05, 0) is 42.3 Å². The number of aromatic nitrogens is 2. The molecule has 0 spiro atoms. The summed E-state index contributed by atoms with van der Waals surface area (Å²) in [7, 11) is 0. The largest absolute Gasteiger partial charge is 0.323 e. The number of fused-ring (bicyclic) bond motifs is 1. The number of aryl methyl sites for hydroxylation is 1. The fourth-order valence-electron chi connectivity index (χ4n) is 2.59. The second-order valence-corrected chi connectivity index (χ2v) is 5.25. The van der Waals surface area contributed by atoms with Crippen LogP contribution in [-0.4, -0.2) is 9.55 Å². The van der Waals surface area contributed by atoms with E-state index in [4.69, 9.17) is 10.5 Å². The molecule has 4 heteroatoms. The Morgan fingerprint density at radius 2 is 2.00 bits per heavy atom. The van der Waals surface area contributed by atoms with Crippen LogP contribution in [0.25, 0.3) is 11.0 Å². The molecule has 0 radical (unpaired) electrons. The van der Waals surface area contributed by atoms with Crippen LogP contribution in [0.2, 0.25) is 0 Å². The lowest BCUT2D eigenvalue weighted by molar-refractivity contribution is 0.769. The minimum absolute atomic E-state index is 0.270. The summed E-state index contributed by atoms with van der Waals surface area (Å²) in [4.78, 5) is 4.58. The Bertz CT molecular complexity index is 922. The molecule has 1 aromatic heterocycles. The second kappa shape index (κ2) is 5.71. The van der Waals surface area contributed by atoms with Crippen LogP contribution in [-0.2, 0) is 13.0 Å². The average Bonchev–Trinajstić information content (AvgIpc) is 2.84. The maximum atomic E-state index is 9.03. The van der Waals surface area contributed by atoms with Crippen LogP contribution in [0.1, 0.15) is 22.5 Å². The molecule has 0 unspecified atom stereocenters. The summed E-state index contributed by atoms with van der Waals surface area (Å²) in [5.41, 5.74) is 4.73. The zero-order valence-electron chi connectivity index (χ0n) is 12.2. The molecule has 3 rings (SSSR count). The Morgan fingerprint density at radius 3 is 2.77 bits per heavy atom. The monoisotopic (exact) mass is 286 g/mol. The van der Waals surface area contributed by atoms with E-state index in [9.17, 15) is 0 Å². The third kappa shape index (κ3) is 2.55. The van der Waals surface area contributed by atoms with Crippen LogP contribution in [0.15, 0.2) is 42.5 Å². The van der Waals surface area contributed by atoms with Crippen molar-refractivity contribution in [3.05, 3.63) is 65.0 Å². The highest BCUT2D eigenvalue weighted by molar-refractivity contribution is 5.77. The topological polar surface area (TPSA) is 65.4 Å². The molecule has 0 aliphatic rings. The average molecular weight is 286 g/mol.